The Morgan fingerprint density at radius 2 is 1.65 bits per heavy atom. The summed E-state index contributed by atoms with van der Waals surface area (Å²) in [5, 5.41) is 0. The highest BCUT2D eigenvalue weighted by Crippen LogP contribution is 2.19. The van der Waals surface area contributed by atoms with Gasteiger partial charge in [-0.25, -0.2) is 18.0 Å². The highest BCUT2D eigenvalue weighted by molar-refractivity contribution is 5.98. The zero-order valence-electron chi connectivity index (χ0n) is 13.8. The van der Waals surface area contributed by atoms with E-state index in [0.29, 0.717) is 17.7 Å². The first kappa shape index (κ1) is 19.2. The van der Waals surface area contributed by atoms with Gasteiger partial charge in [0.2, 0.25) is 0 Å². The molecule has 0 saturated heterocycles. The molecule has 0 aliphatic carbocycles. The minimum Gasteiger partial charge on any atom is -0.469 e. The molecule has 0 aliphatic rings. The lowest BCUT2D eigenvalue weighted by Crippen LogP contribution is -2.13. The topological polar surface area (TPSA) is 52.6 Å². The number of halogens is 3. The first-order valence-electron chi connectivity index (χ1n) is 7.53. The van der Waals surface area contributed by atoms with Gasteiger partial charge in [-0.3, -0.25) is 4.79 Å². The van der Waals surface area contributed by atoms with Crippen LogP contribution in [-0.2, 0) is 25.7 Å². The van der Waals surface area contributed by atoms with Gasteiger partial charge in [0, 0.05) is 17.2 Å². The van der Waals surface area contributed by atoms with E-state index in [9.17, 15) is 22.8 Å². The van der Waals surface area contributed by atoms with Crippen LogP contribution in [0.5, 0.6) is 0 Å². The molecule has 0 atom stereocenters. The van der Waals surface area contributed by atoms with E-state index in [0.717, 1.165) is 13.2 Å². The Morgan fingerprint density at radius 1 is 1.00 bits per heavy atom. The molecule has 2 aromatic carbocycles. The standard InChI is InChI=1S/C19H15F3O4/c1-25-18(23)9-14(7-13-8-16(21)17(22)10-15(13)20)19(24)26-11-12-5-3-2-4-6-12/h2-8,10H,9,11H2,1H3/b14-7-. The van der Waals surface area contributed by atoms with E-state index < -0.39 is 35.8 Å². The van der Waals surface area contributed by atoms with Crippen LogP contribution in [-0.4, -0.2) is 19.0 Å². The number of hydrogen-bond donors (Lipinski definition) is 0. The first-order valence-corrected chi connectivity index (χ1v) is 7.53. The number of carbonyl (C=O) groups excluding carboxylic acids is 2. The lowest BCUT2D eigenvalue weighted by molar-refractivity contribution is -0.145. The Morgan fingerprint density at radius 3 is 2.31 bits per heavy atom. The van der Waals surface area contributed by atoms with Gasteiger partial charge < -0.3 is 9.47 Å². The molecule has 0 aliphatic heterocycles. The van der Waals surface area contributed by atoms with Crippen molar-refractivity contribution in [3.05, 3.63) is 76.6 Å². The minimum absolute atomic E-state index is 0.0710. The summed E-state index contributed by atoms with van der Waals surface area (Å²) in [6.07, 6.45) is 0.421. The van der Waals surface area contributed by atoms with Gasteiger partial charge in [0.1, 0.15) is 12.4 Å². The van der Waals surface area contributed by atoms with Crippen LogP contribution in [0.2, 0.25) is 0 Å². The SMILES string of the molecule is COC(=O)C/C(=C/c1cc(F)c(F)cc1F)C(=O)OCc1ccccc1. The van der Waals surface area contributed by atoms with Gasteiger partial charge in [-0.15, -0.1) is 0 Å². The Kier molecular flexibility index (Phi) is 6.54. The lowest BCUT2D eigenvalue weighted by Gasteiger charge is -2.09. The fourth-order valence-corrected chi connectivity index (χ4v) is 2.06. The Labute approximate surface area is 147 Å². The average Bonchev–Trinajstić information content (AvgIpc) is 2.64. The van der Waals surface area contributed by atoms with E-state index in [1.165, 1.54) is 0 Å². The average molecular weight is 364 g/mol. The number of methoxy groups -OCH3 is 1. The summed E-state index contributed by atoms with van der Waals surface area (Å²) in [4.78, 5) is 23.7. The van der Waals surface area contributed by atoms with Crippen molar-refractivity contribution in [1.29, 1.82) is 0 Å². The second-order valence-electron chi connectivity index (χ2n) is 5.27. The summed E-state index contributed by atoms with van der Waals surface area (Å²) in [5.41, 5.74) is 0.0643. The molecule has 0 amide bonds. The number of benzene rings is 2. The minimum atomic E-state index is -1.36. The fraction of sp³-hybridized carbons (Fsp3) is 0.158. The Hall–Kier alpha value is -3.09. The van der Waals surface area contributed by atoms with E-state index in [1.54, 1.807) is 30.3 Å². The van der Waals surface area contributed by atoms with E-state index in [1.807, 2.05) is 0 Å². The summed E-state index contributed by atoms with van der Waals surface area (Å²) in [7, 11) is 1.12. The second kappa shape index (κ2) is 8.84. The van der Waals surface area contributed by atoms with E-state index >= 15 is 0 Å². The molecule has 0 unspecified atom stereocenters. The van der Waals surface area contributed by atoms with E-state index in [-0.39, 0.29) is 17.7 Å². The van der Waals surface area contributed by atoms with Crippen LogP contribution >= 0.6 is 0 Å². The monoisotopic (exact) mass is 364 g/mol. The van der Waals surface area contributed by atoms with Gasteiger partial charge in [-0.05, 0) is 17.7 Å². The number of hydrogen-bond acceptors (Lipinski definition) is 4. The van der Waals surface area contributed by atoms with Crippen molar-refractivity contribution < 1.29 is 32.2 Å². The van der Waals surface area contributed by atoms with Crippen molar-refractivity contribution in [2.75, 3.05) is 7.11 Å². The van der Waals surface area contributed by atoms with Crippen molar-refractivity contribution in [2.45, 2.75) is 13.0 Å². The largest absolute Gasteiger partial charge is 0.469 e. The van der Waals surface area contributed by atoms with E-state index in [4.69, 9.17) is 4.74 Å². The van der Waals surface area contributed by atoms with Gasteiger partial charge in [0.15, 0.2) is 11.6 Å². The molecule has 4 nitrogen and oxygen atoms in total. The summed E-state index contributed by atoms with van der Waals surface area (Å²) in [5.74, 6) is -5.39. The van der Waals surface area contributed by atoms with Crippen LogP contribution in [0.25, 0.3) is 6.08 Å². The summed E-state index contributed by atoms with van der Waals surface area (Å²) < 4.78 is 49.7. The zero-order valence-corrected chi connectivity index (χ0v) is 13.8. The molecule has 0 aromatic heterocycles. The molecule has 0 N–H and O–H groups in total. The van der Waals surface area contributed by atoms with E-state index in [2.05, 4.69) is 4.74 Å². The Balaban J connectivity index is 2.26. The molecular formula is C19H15F3O4. The number of carbonyl (C=O) groups is 2. The molecular weight excluding hydrogens is 349 g/mol. The number of rotatable bonds is 6. The fourth-order valence-electron chi connectivity index (χ4n) is 2.06. The van der Waals surface area contributed by atoms with Crippen LogP contribution in [0.1, 0.15) is 17.5 Å². The van der Waals surface area contributed by atoms with Gasteiger partial charge in [0.05, 0.1) is 13.5 Å². The third-order valence-corrected chi connectivity index (χ3v) is 3.41. The van der Waals surface area contributed by atoms with Crippen molar-refractivity contribution in [3.63, 3.8) is 0 Å². The molecule has 2 aromatic rings. The van der Waals surface area contributed by atoms with Crippen molar-refractivity contribution in [2.24, 2.45) is 0 Å². The second-order valence-corrected chi connectivity index (χ2v) is 5.27. The normalized spacial score (nSPS) is 11.2. The summed E-state index contributed by atoms with van der Waals surface area (Å²) in [6, 6.07) is 9.70. The smallest absolute Gasteiger partial charge is 0.334 e. The molecule has 26 heavy (non-hydrogen) atoms. The molecule has 0 saturated carbocycles. The maximum absolute atomic E-state index is 13.8. The third-order valence-electron chi connectivity index (χ3n) is 3.41. The lowest BCUT2D eigenvalue weighted by atomic mass is 10.1. The van der Waals surface area contributed by atoms with Gasteiger partial charge >= 0.3 is 11.9 Å². The molecule has 0 fully saturated rings. The predicted octanol–water partition coefficient (Wildman–Crippen LogP) is 3.79. The zero-order chi connectivity index (χ0) is 19.1. The van der Waals surface area contributed by atoms with Crippen molar-refractivity contribution in [3.8, 4) is 0 Å². The van der Waals surface area contributed by atoms with Crippen LogP contribution in [0.3, 0.4) is 0 Å². The molecule has 0 radical (unpaired) electrons. The first-order chi connectivity index (χ1) is 12.4. The highest BCUT2D eigenvalue weighted by atomic mass is 19.2. The quantitative estimate of drug-likeness (QED) is 0.445. The molecule has 0 bridgehead atoms. The van der Waals surface area contributed by atoms with Gasteiger partial charge in [-0.1, -0.05) is 30.3 Å². The van der Waals surface area contributed by atoms with Crippen LogP contribution in [0.15, 0.2) is 48.0 Å². The Bertz CT molecular complexity index is 832. The van der Waals surface area contributed by atoms with Crippen LogP contribution in [0, 0.1) is 17.5 Å². The molecule has 2 rings (SSSR count). The van der Waals surface area contributed by atoms with Crippen molar-refractivity contribution in [1.82, 2.24) is 0 Å². The summed E-state index contributed by atoms with van der Waals surface area (Å²) >= 11 is 0. The summed E-state index contributed by atoms with van der Waals surface area (Å²) in [6.45, 7) is -0.0710. The molecule has 0 heterocycles. The molecule has 7 heteroatoms. The highest BCUT2D eigenvalue weighted by Gasteiger charge is 2.18. The third kappa shape index (κ3) is 5.20. The number of esters is 2. The van der Waals surface area contributed by atoms with Gasteiger partial charge in [0.25, 0.3) is 0 Å². The van der Waals surface area contributed by atoms with Crippen LogP contribution < -0.4 is 0 Å². The number of ether oxygens (including phenoxy) is 2. The maximum atomic E-state index is 13.8. The molecule has 136 valence electrons. The predicted molar refractivity (Wildman–Crippen MR) is 87.2 cm³/mol. The van der Waals surface area contributed by atoms with Gasteiger partial charge in [-0.2, -0.15) is 0 Å². The van der Waals surface area contributed by atoms with Crippen LogP contribution in [0.4, 0.5) is 13.2 Å². The maximum Gasteiger partial charge on any atom is 0.334 e. The molecule has 0 spiro atoms. The van der Waals surface area contributed by atoms with Crippen molar-refractivity contribution >= 4 is 18.0 Å².